The van der Waals surface area contributed by atoms with E-state index in [1.807, 2.05) is 0 Å². The highest BCUT2D eigenvalue weighted by molar-refractivity contribution is 7.53. The first-order chi connectivity index (χ1) is 4.86. The minimum Gasteiger partial charge on any atom is -0.401 e. The van der Waals surface area contributed by atoms with Gasteiger partial charge in [-0.3, -0.25) is 4.57 Å². The van der Waals surface area contributed by atoms with Gasteiger partial charge in [-0.2, -0.15) is 0 Å². The van der Waals surface area contributed by atoms with Gasteiger partial charge in [-0.1, -0.05) is 0 Å². The second kappa shape index (κ2) is 4.23. The number of rotatable bonds is 4. The molecule has 11 heavy (non-hydrogen) atoms. The van der Waals surface area contributed by atoms with E-state index in [0.717, 1.165) is 0 Å². The molecular weight excluding hydrogens is 166 g/mol. The number of nitrogens with one attached hydrogen (secondary N) is 1. The van der Waals surface area contributed by atoms with Gasteiger partial charge in [0.15, 0.2) is 0 Å². The summed E-state index contributed by atoms with van der Waals surface area (Å²) < 4.78 is 12.3. The molecule has 0 aromatic carbocycles. The lowest BCUT2D eigenvalue weighted by atomic mass is 10.0. The maximum Gasteiger partial charge on any atom is 0.340 e. The maximum atomic E-state index is 11.1. The molecule has 0 rings (SSSR count). The summed E-state index contributed by atoms with van der Waals surface area (Å²) in [6.45, 7) is 0.117. The Labute approximate surface area is 67.4 Å². The average Bonchev–Trinajstić information content (AvgIpc) is 1.84. The van der Waals surface area contributed by atoms with E-state index in [1.165, 1.54) is 18.8 Å². The molecule has 0 heterocycles. The average molecular weight is 180 g/mol. The Balaban J connectivity index is 3.84. The van der Waals surface area contributed by atoms with E-state index in [1.54, 1.807) is 7.85 Å². The molecule has 0 aliphatic carbocycles. The molecule has 0 bridgehead atoms. The Morgan fingerprint density at radius 2 is 2.18 bits per heavy atom. The van der Waals surface area contributed by atoms with Crippen LogP contribution in [-0.2, 0) is 4.57 Å². The molecule has 2 atom stereocenters. The molecule has 7 heteroatoms. The van der Waals surface area contributed by atoms with E-state index in [4.69, 9.17) is 10.00 Å². The fraction of sp³-hybridized carbons (Fsp3) is 1.00. The van der Waals surface area contributed by atoms with Crippen molar-refractivity contribution in [3.8, 4) is 0 Å². The quantitative estimate of drug-likeness (QED) is 0.351. The van der Waals surface area contributed by atoms with Gasteiger partial charge in [0.1, 0.15) is 7.85 Å². The Morgan fingerprint density at radius 3 is 2.45 bits per heavy atom. The lowest BCUT2D eigenvalue weighted by Gasteiger charge is -2.19. The summed E-state index contributed by atoms with van der Waals surface area (Å²) >= 11 is 0. The van der Waals surface area contributed by atoms with E-state index in [9.17, 15) is 4.57 Å². The Bertz CT molecular complexity index is 163. The molecule has 0 fully saturated rings. The van der Waals surface area contributed by atoms with Crippen molar-refractivity contribution in [2.45, 2.75) is 6.00 Å². The molecule has 0 aliphatic heterocycles. The minimum atomic E-state index is -3.40. The van der Waals surface area contributed by atoms with E-state index in [2.05, 4.69) is 5.09 Å². The molecule has 0 aromatic heterocycles. The summed E-state index contributed by atoms with van der Waals surface area (Å²) in [5.41, 5.74) is 0. The monoisotopic (exact) mass is 180 g/mol. The predicted molar refractivity (Wildman–Crippen MR) is 46.1 cm³/mol. The zero-order valence-electron chi connectivity index (χ0n) is 6.98. The topological polar surface area (TPSA) is 72.8 Å². The zero-order valence-corrected chi connectivity index (χ0v) is 7.88. The van der Waals surface area contributed by atoms with Crippen LogP contribution in [0, 0.1) is 0 Å². The van der Waals surface area contributed by atoms with E-state index >= 15 is 0 Å². The van der Waals surface area contributed by atoms with Crippen LogP contribution in [0.4, 0.5) is 0 Å². The fourth-order valence-electron chi connectivity index (χ4n) is 0.392. The van der Waals surface area contributed by atoms with Gasteiger partial charge in [-0.15, -0.1) is 0 Å². The van der Waals surface area contributed by atoms with Gasteiger partial charge in [-0.05, 0) is 14.1 Å². The van der Waals surface area contributed by atoms with Gasteiger partial charge in [0.2, 0.25) is 0 Å². The fourth-order valence-corrected chi connectivity index (χ4v) is 1.18. The lowest BCUT2D eigenvalue weighted by molar-refractivity contribution is 0.254. The highest BCUT2D eigenvalue weighted by Gasteiger charge is 2.20. The van der Waals surface area contributed by atoms with Gasteiger partial charge in [0, 0.05) is 12.5 Å². The molecule has 1 unspecified atom stereocenters. The molecular formula is C4H14BN2O3P. The van der Waals surface area contributed by atoms with Crippen molar-refractivity contribution in [1.29, 1.82) is 0 Å². The van der Waals surface area contributed by atoms with Crippen molar-refractivity contribution >= 4 is 15.5 Å². The van der Waals surface area contributed by atoms with Gasteiger partial charge in [0.05, 0.1) is 0 Å². The SMILES string of the molecule is B[C@H](O)CNP(=O)(O)N(C)C. The van der Waals surface area contributed by atoms with Crippen LogP contribution in [0.15, 0.2) is 0 Å². The first kappa shape index (κ1) is 11.1. The highest BCUT2D eigenvalue weighted by Crippen LogP contribution is 2.36. The molecule has 0 aromatic rings. The first-order valence-corrected chi connectivity index (χ1v) is 4.91. The van der Waals surface area contributed by atoms with E-state index in [0.29, 0.717) is 0 Å². The molecule has 0 aliphatic rings. The number of nitrogens with zero attached hydrogens (tertiary/aromatic N) is 1. The molecule has 0 spiro atoms. The van der Waals surface area contributed by atoms with Gasteiger partial charge < -0.3 is 10.00 Å². The first-order valence-electron chi connectivity index (χ1n) is 3.30. The number of aliphatic hydroxyl groups excluding tert-OH is 1. The van der Waals surface area contributed by atoms with Crippen LogP contribution >= 0.6 is 7.67 Å². The normalized spacial score (nSPS) is 19.7. The third kappa shape index (κ3) is 4.55. The molecule has 5 nitrogen and oxygen atoms in total. The molecule has 66 valence electrons. The summed E-state index contributed by atoms with van der Waals surface area (Å²) in [7, 11) is 1.14. The van der Waals surface area contributed by atoms with Crippen molar-refractivity contribution in [1.82, 2.24) is 9.76 Å². The van der Waals surface area contributed by atoms with Crippen molar-refractivity contribution in [2.75, 3.05) is 20.6 Å². The Morgan fingerprint density at radius 1 is 1.73 bits per heavy atom. The van der Waals surface area contributed by atoms with Crippen LogP contribution in [0.2, 0.25) is 0 Å². The summed E-state index contributed by atoms with van der Waals surface area (Å²) in [5, 5.41) is 11.1. The number of hydrogen-bond acceptors (Lipinski definition) is 2. The Hall–Kier alpha value is 0.135. The summed E-state index contributed by atoms with van der Waals surface area (Å²) in [6.07, 6.45) is 0. The number of hydrogen-bond donors (Lipinski definition) is 3. The zero-order chi connectivity index (χ0) is 9.07. The lowest BCUT2D eigenvalue weighted by Crippen LogP contribution is -2.29. The van der Waals surface area contributed by atoms with Crippen molar-refractivity contribution in [3.63, 3.8) is 0 Å². The van der Waals surface area contributed by atoms with Crippen molar-refractivity contribution < 1.29 is 14.6 Å². The van der Waals surface area contributed by atoms with Crippen LogP contribution < -0.4 is 5.09 Å². The molecule has 0 radical (unpaired) electrons. The van der Waals surface area contributed by atoms with E-state index < -0.39 is 13.7 Å². The Kier molecular flexibility index (Phi) is 4.28. The highest BCUT2D eigenvalue weighted by atomic mass is 31.2. The van der Waals surface area contributed by atoms with Gasteiger partial charge in [0.25, 0.3) is 0 Å². The summed E-state index contributed by atoms with van der Waals surface area (Å²) in [6, 6.07) is -0.615. The van der Waals surface area contributed by atoms with E-state index in [-0.39, 0.29) is 6.54 Å². The van der Waals surface area contributed by atoms with Crippen LogP contribution in [0.3, 0.4) is 0 Å². The second-order valence-electron chi connectivity index (χ2n) is 2.60. The van der Waals surface area contributed by atoms with Crippen molar-refractivity contribution in [2.24, 2.45) is 0 Å². The smallest absolute Gasteiger partial charge is 0.340 e. The van der Waals surface area contributed by atoms with Crippen LogP contribution in [0.1, 0.15) is 0 Å². The number of aliphatic hydroxyl groups is 1. The summed E-state index contributed by atoms with van der Waals surface area (Å²) in [5.74, 6) is 0. The predicted octanol–water partition coefficient (Wildman–Crippen LogP) is -1.81. The van der Waals surface area contributed by atoms with Gasteiger partial charge >= 0.3 is 7.67 Å². The molecule has 0 saturated heterocycles. The van der Waals surface area contributed by atoms with Crippen LogP contribution in [0.25, 0.3) is 0 Å². The molecule has 3 N–H and O–H groups in total. The summed E-state index contributed by atoms with van der Waals surface area (Å²) in [4.78, 5) is 9.10. The standard InChI is InChI=1S/C4H14BN2O3P/c1-7(2)11(9,10)6-3-4(5)8/h4,8H,3,5H2,1-2H3,(H2,6,9,10)/t4-/m1/s1. The second-order valence-corrected chi connectivity index (χ2v) is 4.81. The minimum absolute atomic E-state index is 0.117. The van der Waals surface area contributed by atoms with Gasteiger partial charge in [-0.25, -0.2) is 9.76 Å². The molecule has 0 amide bonds. The third-order valence-corrected chi connectivity index (χ3v) is 2.81. The van der Waals surface area contributed by atoms with Crippen molar-refractivity contribution in [3.05, 3.63) is 0 Å². The van der Waals surface area contributed by atoms with Crippen LogP contribution in [-0.4, -0.2) is 49.2 Å². The maximum absolute atomic E-state index is 11.1. The molecule has 0 saturated carbocycles. The third-order valence-electron chi connectivity index (χ3n) is 1.13. The largest absolute Gasteiger partial charge is 0.401 e. The van der Waals surface area contributed by atoms with Crippen LogP contribution in [0.5, 0.6) is 0 Å².